The molecule has 0 saturated carbocycles. The Kier molecular flexibility index (Phi) is 14.6. The van der Waals surface area contributed by atoms with E-state index in [1.54, 1.807) is 0 Å². The Morgan fingerprint density at radius 2 is 1.62 bits per heavy atom. The molecule has 0 unspecified atom stereocenters. The van der Waals surface area contributed by atoms with Crippen LogP contribution in [0.15, 0.2) is 83.2 Å². The van der Waals surface area contributed by atoms with Gasteiger partial charge in [-0.05, 0) is 72.4 Å². The van der Waals surface area contributed by atoms with Gasteiger partial charge in [-0.25, -0.2) is 4.98 Å². The smallest absolute Gasteiger partial charge is 0.226 e. The number of carbonyl (C=O) groups is 1. The van der Waals surface area contributed by atoms with E-state index in [-0.39, 0.29) is 48.9 Å². The monoisotopic (exact) mass is 852 g/mol. The van der Waals surface area contributed by atoms with Gasteiger partial charge < -0.3 is 14.1 Å². The van der Waals surface area contributed by atoms with Gasteiger partial charge in [0.2, 0.25) is 5.71 Å². The van der Waals surface area contributed by atoms with Crippen LogP contribution in [0.5, 0.6) is 0 Å². The molecule has 0 aliphatic carbocycles. The molecule has 5 rings (SSSR count). The predicted molar refractivity (Wildman–Crippen MR) is 203 cm³/mol. The summed E-state index contributed by atoms with van der Waals surface area (Å²) in [5.74, 6) is 2.05. The largest absolute Gasteiger partial charge is 0.512 e. The predicted octanol–water partition coefficient (Wildman–Crippen LogP) is 11.4. The van der Waals surface area contributed by atoms with Crippen molar-refractivity contribution in [2.45, 2.75) is 99.8 Å². The first kappa shape index (κ1) is 40.7. The maximum atomic E-state index is 11.7. The van der Waals surface area contributed by atoms with Gasteiger partial charge >= 0.3 is 0 Å². The SMILES string of the molecule is CCC(CC)C(=O)/C=C(\O)C(CC)CC.[CH2-][n+]1ccc(-c2ccnc3oc(CC(C)C)cc23)cc1-c1[c-]c2ccccc2c(C(C)(C)C)c1.[Ir]. The van der Waals surface area contributed by atoms with Gasteiger partial charge in [0.05, 0.1) is 12.0 Å². The van der Waals surface area contributed by atoms with Crippen molar-refractivity contribution in [3.63, 3.8) is 0 Å². The number of aromatic nitrogens is 2. The minimum Gasteiger partial charge on any atom is -0.512 e. The van der Waals surface area contributed by atoms with Crippen LogP contribution >= 0.6 is 0 Å². The number of fused-ring (bicyclic) bond motifs is 2. The molecule has 5 nitrogen and oxygen atoms in total. The van der Waals surface area contributed by atoms with Crippen LogP contribution < -0.4 is 4.57 Å². The average Bonchev–Trinajstić information content (AvgIpc) is 3.47. The molecule has 0 amide bonds. The standard InChI is InChI=1S/C31H31N2O.C13H24O2.Ir/c1-20(2)15-24-19-27-25(11-13-32-30(27)34-24)22-12-14-33(6)29(18-22)23-16-21-9-7-8-10-26(21)28(17-23)31(3,4)5;1-5-10(6-2)12(14)9-13(15)11(7-3)8-4;/h7-14,17-20H,6,15H2,1-5H3;9-11,14H,5-8H2,1-4H3;/q-1;;/b;12-9-;. The molecule has 0 saturated heterocycles. The van der Waals surface area contributed by atoms with Gasteiger partial charge in [0.15, 0.2) is 5.78 Å². The van der Waals surface area contributed by atoms with Gasteiger partial charge in [-0.1, -0.05) is 91.5 Å². The van der Waals surface area contributed by atoms with Crippen molar-refractivity contribution in [1.82, 2.24) is 4.98 Å². The van der Waals surface area contributed by atoms with Crippen LogP contribution in [-0.2, 0) is 36.7 Å². The number of rotatable bonds is 11. The van der Waals surface area contributed by atoms with E-state index in [4.69, 9.17) is 4.42 Å². The number of hydrogen-bond donors (Lipinski definition) is 1. The molecule has 0 aliphatic rings. The summed E-state index contributed by atoms with van der Waals surface area (Å²) in [5, 5.41) is 13.2. The van der Waals surface area contributed by atoms with E-state index < -0.39 is 0 Å². The van der Waals surface area contributed by atoms with Gasteiger partial charge in [0.25, 0.3) is 0 Å². The van der Waals surface area contributed by atoms with E-state index in [9.17, 15) is 9.90 Å². The molecule has 1 radical (unpaired) electrons. The van der Waals surface area contributed by atoms with Gasteiger partial charge in [-0.3, -0.25) is 4.79 Å². The summed E-state index contributed by atoms with van der Waals surface area (Å²) in [6, 6.07) is 22.9. The van der Waals surface area contributed by atoms with Gasteiger partial charge in [-0.2, -0.15) is 0 Å². The Labute approximate surface area is 313 Å². The normalized spacial score (nSPS) is 12.0. The maximum Gasteiger partial charge on any atom is 0.226 e. The van der Waals surface area contributed by atoms with Crippen LogP contribution in [0.4, 0.5) is 0 Å². The van der Waals surface area contributed by atoms with E-state index in [2.05, 4.69) is 107 Å². The topological polar surface area (TPSA) is 67.2 Å². The third-order valence-corrected chi connectivity index (χ3v) is 9.38. The molecule has 269 valence electrons. The fourth-order valence-electron chi connectivity index (χ4n) is 6.44. The number of ketones is 1. The summed E-state index contributed by atoms with van der Waals surface area (Å²) in [6.07, 6.45) is 9.65. The molecular formula is C44H55IrN2O3-. The number of pyridine rings is 2. The molecule has 3 aromatic heterocycles. The Hall–Kier alpha value is -3.73. The van der Waals surface area contributed by atoms with Crippen molar-refractivity contribution in [3.05, 3.63) is 103 Å². The Morgan fingerprint density at radius 1 is 0.960 bits per heavy atom. The van der Waals surface area contributed by atoms with E-state index in [1.165, 1.54) is 17.0 Å². The molecule has 6 heteroatoms. The van der Waals surface area contributed by atoms with Crippen LogP contribution in [0, 0.1) is 30.9 Å². The van der Waals surface area contributed by atoms with Gasteiger partial charge in [0, 0.05) is 63.1 Å². The van der Waals surface area contributed by atoms with Gasteiger partial charge in [0.1, 0.15) is 11.5 Å². The molecule has 0 spiro atoms. The van der Waals surface area contributed by atoms with Gasteiger partial charge in [-0.15, -0.1) is 29.1 Å². The average molecular weight is 852 g/mol. The van der Waals surface area contributed by atoms with E-state index >= 15 is 0 Å². The summed E-state index contributed by atoms with van der Waals surface area (Å²) in [5.41, 5.74) is 6.28. The molecule has 0 aliphatic heterocycles. The molecule has 5 aromatic rings. The molecule has 0 bridgehead atoms. The first-order chi connectivity index (χ1) is 23.3. The van der Waals surface area contributed by atoms with Crippen molar-refractivity contribution in [2.24, 2.45) is 17.8 Å². The molecule has 3 heterocycles. The zero-order chi connectivity index (χ0) is 35.9. The second-order valence-electron chi connectivity index (χ2n) is 14.5. The maximum absolute atomic E-state index is 11.7. The number of aliphatic hydroxyl groups excluding tert-OH is 1. The van der Waals surface area contributed by atoms with Crippen molar-refractivity contribution in [2.75, 3.05) is 0 Å². The number of allylic oxidation sites excluding steroid dienone is 2. The summed E-state index contributed by atoms with van der Waals surface area (Å²) in [6.45, 7) is 19.2. The number of carbonyl (C=O) groups excluding carboxylic acids is 1. The Morgan fingerprint density at radius 3 is 2.24 bits per heavy atom. The number of benzene rings is 2. The van der Waals surface area contributed by atoms with Crippen LogP contribution in [0.3, 0.4) is 0 Å². The second-order valence-corrected chi connectivity index (χ2v) is 14.5. The zero-order valence-corrected chi connectivity index (χ0v) is 33.8. The first-order valence-electron chi connectivity index (χ1n) is 18.0. The van der Waals surface area contributed by atoms with Crippen molar-refractivity contribution in [1.29, 1.82) is 0 Å². The third-order valence-electron chi connectivity index (χ3n) is 9.38. The Balaban J connectivity index is 0.000000361. The fourth-order valence-corrected chi connectivity index (χ4v) is 6.44. The molecule has 50 heavy (non-hydrogen) atoms. The summed E-state index contributed by atoms with van der Waals surface area (Å²) in [7, 11) is 4.27. The zero-order valence-electron chi connectivity index (χ0n) is 31.4. The summed E-state index contributed by atoms with van der Waals surface area (Å²) < 4.78 is 7.97. The molecule has 0 atom stereocenters. The number of hydrogen-bond acceptors (Lipinski definition) is 4. The minimum atomic E-state index is 0. The van der Waals surface area contributed by atoms with Crippen LogP contribution in [0.25, 0.3) is 44.3 Å². The number of nitrogens with zero attached hydrogens (tertiary/aromatic N) is 2. The van der Waals surface area contributed by atoms with Crippen LogP contribution in [0.1, 0.15) is 99.3 Å². The fraction of sp³-hybridized carbons (Fsp3) is 0.409. The Bertz CT molecular complexity index is 1910. The second kappa shape index (κ2) is 18.0. The molecular weight excluding hydrogens is 797 g/mol. The van der Waals surface area contributed by atoms with Crippen LogP contribution in [0.2, 0.25) is 0 Å². The molecule has 2 aromatic carbocycles. The third kappa shape index (κ3) is 9.74. The quantitative estimate of drug-likeness (QED) is 0.0622. The van der Waals surface area contributed by atoms with E-state index in [0.29, 0.717) is 11.6 Å². The first-order valence-corrected chi connectivity index (χ1v) is 18.0. The van der Waals surface area contributed by atoms with Crippen molar-refractivity contribution >= 4 is 27.7 Å². The summed E-state index contributed by atoms with van der Waals surface area (Å²) >= 11 is 0. The van der Waals surface area contributed by atoms with Crippen LogP contribution in [-0.4, -0.2) is 15.9 Å². The number of aliphatic hydroxyl groups is 1. The van der Waals surface area contributed by atoms with E-state index in [1.807, 2.05) is 44.7 Å². The van der Waals surface area contributed by atoms with Crippen molar-refractivity contribution in [3.8, 4) is 22.4 Å². The molecule has 1 N–H and O–H groups in total. The summed E-state index contributed by atoms with van der Waals surface area (Å²) in [4.78, 5) is 16.2. The molecule has 0 fully saturated rings. The minimum absolute atomic E-state index is 0. The van der Waals surface area contributed by atoms with E-state index in [0.717, 1.165) is 71.0 Å². The number of furan rings is 1. The van der Waals surface area contributed by atoms with Crippen molar-refractivity contribution < 1.29 is 39.0 Å².